The van der Waals surface area contributed by atoms with Crippen molar-refractivity contribution in [3.05, 3.63) is 36.0 Å². The maximum absolute atomic E-state index is 12.7. The second-order valence-electron chi connectivity index (χ2n) is 8.33. The molecule has 0 spiro atoms. The van der Waals surface area contributed by atoms with Gasteiger partial charge >= 0.3 is 12.0 Å². The van der Waals surface area contributed by atoms with Crippen LogP contribution in [-0.2, 0) is 14.3 Å². The Labute approximate surface area is 174 Å². The second kappa shape index (κ2) is 8.30. The fraction of sp³-hybridized carbons (Fsp3) is 0.455. The molecule has 0 saturated carbocycles. The van der Waals surface area contributed by atoms with Gasteiger partial charge in [-0.1, -0.05) is 32.0 Å². The van der Waals surface area contributed by atoms with Gasteiger partial charge < -0.3 is 15.0 Å². The number of rotatable bonds is 8. The number of hydrogen-bond acceptors (Lipinski definition) is 5. The molecule has 1 aromatic carbocycles. The number of benzene rings is 1. The maximum Gasteiger partial charge on any atom is 0.326 e. The van der Waals surface area contributed by atoms with E-state index in [0.29, 0.717) is 17.9 Å². The van der Waals surface area contributed by atoms with Gasteiger partial charge in [0, 0.05) is 22.7 Å². The minimum Gasteiger partial charge on any atom is -0.453 e. The van der Waals surface area contributed by atoms with Gasteiger partial charge in [-0.05, 0) is 38.7 Å². The van der Waals surface area contributed by atoms with Crippen molar-refractivity contribution < 1.29 is 23.9 Å². The third-order valence-corrected chi connectivity index (χ3v) is 5.39. The highest BCUT2D eigenvalue weighted by atomic mass is 16.5. The molecule has 1 aromatic heterocycles. The van der Waals surface area contributed by atoms with Crippen LogP contribution in [0.15, 0.2) is 30.5 Å². The Morgan fingerprint density at radius 1 is 1.17 bits per heavy atom. The predicted molar refractivity (Wildman–Crippen MR) is 111 cm³/mol. The zero-order valence-electron chi connectivity index (χ0n) is 17.7. The van der Waals surface area contributed by atoms with E-state index in [4.69, 9.17) is 4.74 Å². The van der Waals surface area contributed by atoms with Crippen LogP contribution in [0.5, 0.6) is 0 Å². The van der Waals surface area contributed by atoms with Gasteiger partial charge in [0.1, 0.15) is 12.1 Å². The van der Waals surface area contributed by atoms with Crippen molar-refractivity contribution in [2.24, 2.45) is 5.92 Å². The Hall–Kier alpha value is -3.16. The first-order valence-corrected chi connectivity index (χ1v) is 10.1. The molecule has 1 aliphatic rings. The van der Waals surface area contributed by atoms with Crippen LogP contribution in [0.25, 0.3) is 10.9 Å². The number of aromatic amines is 1. The van der Waals surface area contributed by atoms with Gasteiger partial charge in [-0.25, -0.2) is 4.79 Å². The van der Waals surface area contributed by atoms with Gasteiger partial charge in [0.05, 0.1) is 0 Å². The maximum atomic E-state index is 12.7. The van der Waals surface area contributed by atoms with Crippen LogP contribution in [-0.4, -0.2) is 51.8 Å². The van der Waals surface area contributed by atoms with E-state index in [0.717, 1.165) is 22.2 Å². The van der Waals surface area contributed by atoms with E-state index in [1.807, 2.05) is 32.0 Å². The number of carbonyl (C=O) groups excluding carboxylic acids is 4. The van der Waals surface area contributed by atoms with Crippen LogP contribution >= 0.6 is 0 Å². The number of para-hydroxylation sites is 1. The fourth-order valence-corrected chi connectivity index (χ4v) is 3.55. The molecule has 0 unspecified atom stereocenters. The number of amides is 3. The summed E-state index contributed by atoms with van der Waals surface area (Å²) in [6, 6.07) is 6.69. The molecule has 1 saturated heterocycles. The zero-order valence-corrected chi connectivity index (χ0v) is 17.7. The summed E-state index contributed by atoms with van der Waals surface area (Å²) >= 11 is 0. The van der Waals surface area contributed by atoms with E-state index in [9.17, 15) is 19.2 Å². The Balaban J connectivity index is 1.63. The number of nitrogens with zero attached hydrogens (tertiary/aromatic N) is 1. The van der Waals surface area contributed by atoms with Crippen molar-refractivity contribution in [2.75, 3.05) is 6.54 Å². The number of fused-ring (bicyclic) bond motifs is 1. The minimum atomic E-state index is -1.05. The molecule has 3 amide bonds. The average molecular weight is 413 g/mol. The van der Waals surface area contributed by atoms with Crippen molar-refractivity contribution in [3.8, 4) is 0 Å². The molecule has 160 valence electrons. The van der Waals surface area contributed by atoms with Crippen molar-refractivity contribution in [3.63, 3.8) is 0 Å². The van der Waals surface area contributed by atoms with E-state index in [2.05, 4.69) is 10.3 Å². The van der Waals surface area contributed by atoms with Crippen LogP contribution in [0.1, 0.15) is 50.9 Å². The molecule has 8 nitrogen and oxygen atoms in total. The van der Waals surface area contributed by atoms with Gasteiger partial charge in [-0.2, -0.15) is 0 Å². The summed E-state index contributed by atoms with van der Waals surface area (Å²) < 4.78 is 5.23. The average Bonchev–Trinajstić information content (AvgIpc) is 3.21. The minimum absolute atomic E-state index is 0.361. The molecule has 8 heteroatoms. The van der Waals surface area contributed by atoms with E-state index >= 15 is 0 Å². The number of esters is 1. The van der Waals surface area contributed by atoms with Crippen molar-refractivity contribution >= 4 is 34.6 Å². The number of H-pyrrole nitrogens is 1. The lowest BCUT2D eigenvalue weighted by atomic mass is 9.92. The lowest BCUT2D eigenvalue weighted by Gasteiger charge is -2.22. The SMILES string of the molecule is CC(C)CC[C@]1(C)NC(=O)N(CC(=O)O[C@H](C)C(=O)c2c[nH]c3ccccc23)C1=O. The molecule has 0 bridgehead atoms. The van der Waals surface area contributed by atoms with Crippen molar-refractivity contribution in [2.45, 2.75) is 52.2 Å². The molecular formula is C22H27N3O5. The Kier molecular flexibility index (Phi) is 5.96. The van der Waals surface area contributed by atoms with Gasteiger partial charge in [0.15, 0.2) is 6.10 Å². The number of carbonyl (C=O) groups is 4. The van der Waals surface area contributed by atoms with E-state index in [1.54, 1.807) is 19.2 Å². The Bertz CT molecular complexity index is 996. The lowest BCUT2D eigenvalue weighted by molar-refractivity contribution is -0.149. The molecule has 2 N–H and O–H groups in total. The summed E-state index contributed by atoms with van der Waals surface area (Å²) in [7, 11) is 0. The lowest BCUT2D eigenvalue weighted by Crippen LogP contribution is -2.44. The first kappa shape index (κ1) is 21.5. The first-order valence-electron chi connectivity index (χ1n) is 10.1. The Morgan fingerprint density at radius 3 is 2.57 bits per heavy atom. The highest BCUT2D eigenvalue weighted by Gasteiger charge is 2.48. The molecule has 2 aromatic rings. The van der Waals surface area contributed by atoms with E-state index < -0.39 is 36.1 Å². The first-order chi connectivity index (χ1) is 14.1. The number of Topliss-reactive ketones (excluding diaryl/α,β-unsaturated/α-hetero) is 1. The number of ether oxygens (including phenoxy) is 1. The normalized spacial score (nSPS) is 20.0. The molecule has 3 rings (SSSR count). The van der Waals surface area contributed by atoms with E-state index in [1.165, 1.54) is 6.92 Å². The van der Waals surface area contributed by atoms with Crippen LogP contribution < -0.4 is 5.32 Å². The summed E-state index contributed by atoms with van der Waals surface area (Å²) in [5, 5.41) is 3.40. The number of aromatic nitrogens is 1. The van der Waals surface area contributed by atoms with Crippen LogP contribution in [0.3, 0.4) is 0 Å². The molecular weight excluding hydrogens is 386 g/mol. The highest BCUT2D eigenvalue weighted by molar-refractivity contribution is 6.11. The predicted octanol–water partition coefficient (Wildman–Crippen LogP) is 3.03. The summed E-state index contributed by atoms with van der Waals surface area (Å²) in [6.45, 7) is 6.66. The fourth-order valence-electron chi connectivity index (χ4n) is 3.55. The largest absolute Gasteiger partial charge is 0.453 e. The third-order valence-electron chi connectivity index (χ3n) is 5.39. The second-order valence-corrected chi connectivity index (χ2v) is 8.33. The number of hydrogen-bond donors (Lipinski definition) is 2. The third kappa shape index (κ3) is 4.22. The molecule has 2 atom stereocenters. The molecule has 1 fully saturated rings. The van der Waals surface area contributed by atoms with Crippen LogP contribution in [0.4, 0.5) is 4.79 Å². The summed E-state index contributed by atoms with van der Waals surface area (Å²) in [5.74, 6) is -1.25. The standard InChI is InChI=1S/C22H27N3O5/c1-13(2)9-10-22(4)20(28)25(21(29)24-22)12-18(26)30-14(3)19(27)16-11-23-17-8-6-5-7-15(16)17/h5-8,11,13-14,23H,9-10,12H2,1-4H3,(H,24,29)/t14-,22+/m1/s1. The number of urea groups is 1. The summed E-state index contributed by atoms with van der Waals surface area (Å²) in [4.78, 5) is 53.9. The number of nitrogens with one attached hydrogen (secondary N) is 2. The van der Waals surface area contributed by atoms with Gasteiger partial charge in [0.2, 0.25) is 5.78 Å². The van der Waals surface area contributed by atoms with Crippen molar-refractivity contribution in [1.82, 2.24) is 15.2 Å². The zero-order chi connectivity index (χ0) is 22.1. The van der Waals surface area contributed by atoms with Gasteiger partial charge in [0.25, 0.3) is 5.91 Å². The quantitative estimate of drug-likeness (QED) is 0.393. The van der Waals surface area contributed by atoms with Gasteiger partial charge in [-0.3, -0.25) is 19.3 Å². The molecule has 0 aliphatic carbocycles. The molecule has 2 heterocycles. The molecule has 1 aliphatic heterocycles. The van der Waals surface area contributed by atoms with Crippen LogP contribution in [0, 0.1) is 5.92 Å². The molecule has 30 heavy (non-hydrogen) atoms. The number of ketones is 1. The monoisotopic (exact) mass is 413 g/mol. The number of imide groups is 1. The summed E-state index contributed by atoms with van der Waals surface area (Å²) in [6.07, 6.45) is 1.77. The Morgan fingerprint density at radius 2 is 1.87 bits per heavy atom. The highest BCUT2D eigenvalue weighted by Crippen LogP contribution is 2.25. The smallest absolute Gasteiger partial charge is 0.326 e. The van der Waals surface area contributed by atoms with Crippen molar-refractivity contribution in [1.29, 1.82) is 0 Å². The van der Waals surface area contributed by atoms with Crippen LogP contribution in [0.2, 0.25) is 0 Å². The molecule has 0 radical (unpaired) electrons. The van der Waals surface area contributed by atoms with Gasteiger partial charge in [-0.15, -0.1) is 0 Å². The van der Waals surface area contributed by atoms with E-state index in [-0.39, 0.29) is 5.78 Å². The topological polar surface area (TPSA) is 109 Å². The summed E-state index contributed by atoms with van der Waals surface area (Å²) in [5.41, 5.74) is 0.189.